The van der Waals surface area contributed by atoms with Gasteiger partial charge in [-0.2, -0.15) is 0 Å². The minimum absolute atomic E-state index is 0.117. The van der Waals surface area contributed by atoms with Gasteiger partial charge in [0.2, 0.25) is 0 Å². The molecule has 1 aromatic carbocycles. The van der Waals surface area contributed by atoms with Crippen LogP contribution in [0.4, 0.5) is 11.4 Å². The number of aromatic nitrogens is 1. The number of benzene rings is 1. The van der Waals surface area contributed by atoms with Gasteiger partial charge in [-0.1, -0.05) is 0 Å². The number of thiazole rings is 1. The zero-order valence-corrected chi connectivity index (χ0v) is 12.8. The molecule has 5 nitrogen and oxygen atoms in total. The molecule has 2 aromatic rings. The van der Waals surface area contributed by atoms with Crippen molar-refractivity contribution in [1.82, 2.24) is 4.98 Å². The highest BCUT2D eigenvalue weighted by molar-refractivity contribution is 9.10. The van der Waals surface area contributed by atoms with Gasteiger partial charge in [0.1, 0.15) is 0 Å². The summed E-state index contributed by atoms with van der Waals surface area (Å²) in [7, 11) is 0. The lowest BCUT2D eigenvalue weighted by atomic mass is 10.2. The molecule has 0 saturated heterocycles. The number of nitro benzene ring substituents is 1. The van der Waals surface area contributed by atoms with E-state index in [1.807, 2.05) is 13.1 Å². The molecule has 7 heteroatoms. The molecule has 100 valence electrons. The minimum Gasteiger partial charge on any atom is -0.379 e. The number of hydrogen-bond acceptors (Lipinski definition) is 5. The average molecular weight is 342 g/mol. The number of hydrogen-bond donors (Lipinski definition) is 1. The first-order valence-electron chi connectivity index (χ1n) is 5.57. The van der Waals surface area contributed by atoms with Crippen molar-refractivity contribution in [3.8, 4) is 0 Å². The van der Waals surface area contributed by atoms with Crippen molar-refractivity contribution in [2.75, 3.05) is 5.32 Å². The first kappa shape index (κ1) is 14.0. The fraction of sp³-hybridized carbons (Fsp3) is 0.250. The second-order valence-corrected chi connectivity index (χ2v) is 6.25. The Kier molecular flexibility index (Phi) is 4.16. The van der Waals surface area contributed by atoms with E-state index < -0.39 is 0 Å². The quantitative estimate of drug-likeness (QED) is 0.672. The Balaban J connectivity index is 2.17. The van der Waals surface area contributed by atoms with Gasteiger partial charge in [-0.3, -0.25) is 10.1 Å². The van der Waals surface area contributed by atoms with Crippen molar-refractivity contribution < 1.29 is 4.92 Å². The summed E-state index contributed by atoms with van der Waals surface area (Å²) >= 11 is 4.98. The van der Waals surface area contributed by atoms with Crippen LogP contribution in [0.15, 0.2) is 22.8 Å². The summed E-state index contributed by atoms with van der Waals surface area (Å²) < 4.78 is 0.686. The van der Waals surface area contributed by atoms with Gasteiger partial charge in [0.15, 0.2) is 0 Å². The average Bonchev–Trinajstić information content (AvgIpc) is 2.75. The molecule has 19 heavy (non-hydrogen) atoms. The van der Waals surface area contributed by atoms with Crippen LogP contribution in [0.1, 0.15) is 15.4 Å². The van der Waals surface area contributed by atoms with E-state index in [9.17, 15) is 10.1 Å². The molecular formula is C12H12BrN3O2S. The molecule has 1 heterocycles. The highest BCUT2D eigenvalue weighted by Gasteiger charge is 2.14. The molecule has 1 aromatic heterocycles. The maximum atomic E-state index is 10.8. The lowest BCUT2D eigenvalue weighted by molar-refractivity contribution is -0.385. The molecular weight excluding hydrogens is 330 g/mol. The number of rotatable bonds is 4. The number of nitrogens with zero attached hydrogens (tertiary/aromatic N) is 2. The predicted molar refractivity (Wildman–Crippen MR) is 79.7 cm³/mol. The molecule has 0 radical (unpaired) electrons. The summed E-state index contributed by atoms with van der Waals surface area (Å²) in [6, 6.07) is 3.30. The zero-order valence-electron chi connectivity index (χ0n) is 10.4. The van der Waals surface area contributed by atoms with E-state index in [2.05, 4.69) is 26.2 Å². The zero-order chi connectivity index (χ0) is 14.0. The minimum atomic E-state index is -0.379. The monoisotopic (exact) mass is 341 g/mol. The lowest BCUT2D eigenvalue weighted by Gasteiger charge is -2.08. The molecule has 0 spiro atoms. The van der Waals surface area contributed by atoms with Crippen LogP contribution in [-0.4, -0.2) is 9.91 Å². The van der Waals surface area contributed by atoms with Crippen LogP contribution in [0.5, 0.6) is 0 Å². The highest BCUT2D eigenvalue weighted by Crippen LogP contribution is 2.31. The van der Waals surface area contributed by atoms with Gasteiger partial charge in [0, 0.05) is 32.9 Å². The molecule has 0 aliphatic heterocycles. The Labute approximate surface area is 123 Å². The fourth-order valence-corrected chi connectivity index (χ4v) is 2.88. The fourth-order valence-electron chi connectivity index (χ4n) is 1.67. The van der Waals surface area contributed by atoms with E-state index in [0.717, 1.165) is 15.6 Å². The molecule has 0 fully saturated rings. The predicted octanol–water partition coefficient (Wildman–Crippen LogP) is 4.04. The summed E-state index contributed by atoms with van der Waals surface area (Å²) in [5, 5.41) is 15.1. The van der Waals surface area contributed by atoms with Crippen LogP contribution in [0.3, 0.4) is 0 Å². The van der Waals surface area contributed by atoms with Gasteiger partial charge in [-0.15, -0.1) is 11.3 Å². The van der Waals surface area contributed by atoms with Crippen LogP contribution >= 0.6 is 27.3 Å². The number of nitro groups is 1. The van der Waals surface area contributed by atoms with E-state index in [-0.39, 0.29) is 10.6 Å². The molecule has 0 unspecified atom stereocenters. The molecule has 0 atom stereocenters. The van der Waals surface area contributed by atoms with Crippen LogP contribution in [0.25, 0.3) is 0 Å². The van der Waals surface area contributed by atoms with Gasteiger partial charge < -0.3 is 5.32 Å². The first-order chi connectivity index (χ1) is 8.97. The van der Waals surface area contributed by atoms with Gasteiger partial charge in [0.25, 0.3) is 5.69 Å². The topological polar surface area (TPSA) is 68.1 Å². The Morgan fingerprint density at radius 2 is 2.21 bits per heavy atom. The summed E-state index contributed by atoms with van der Waals surface area (Å²) in [6.07, 6.45) is 1.83. The standard InChI is InChI=1S/C12H12BrN3O2S/c1-7-3-11(10(13)4-12(7)16(17)18)15-6-9-5-14-8(2)19-9/h3-5,15H,6H2,1-2H3. The third-order valence-corrected chi connectivity index (χ3v) is 4.17. The van der Waals surface area contributed by atoms with Gasteiger partial charge in [0.05, 0.1) is 16.5 Å². The summed E-state index contributed by atoms with van der Waals surface area (Å²) in [6.45, 7) is 4.34. The van der Waals surface area contributed by atoms with Crippen molar-refractivity contribution in [3.05, 3.63) is 48.4 Å². The third kappa shape index (κ3) is 3.30. The third-order valence-electron chi connectivity index (χ3n) is 2.60. The maximum Gasteiger partial charge on any atom is 0.273 e. The van der Waals surface area contributed by atoms with E-state index in [4.69, 9.17) is 0 Å². The number of halogens is 1. The maximum absolute atomic E-state index is 10.8. The van der Waals surface area contributed by atoms with Crippen LogP contribution in [0, 0.1) is 24.0 Å². The molecule has 0 amide bonds. The second-order valence-electron chi connectivity index (χ2n) is 4.07. The molecule has 0 aliphatic rings. The Morgan fingerprint density at radius 1 is 1.47 bits per heavy atom. The Bertz CT molecular complexity index is 627. The molecule has 0 saturated carbocycles. The molecule has 0 aliphatic carbocycles. The Hall–Kier alpha value is -1.47. The van der Waals surface area contributed by atoms with E-state index >= 15 is 0 Å². The first-order valence-corrected chi connectivity index (χ1v) is 7.18. The summed E-state index contributed by atoms with van der Waals surface area (Å²) in [5.41, 5.74) is 1.59. The van der Waals surface area contributed by atoms with Crippen LogP contribution in [0.2, 0.25) is 0 Å². The van der Waals surface area contributed by atoms with Crippen molar-refractivity contribution in [2.24, 2.45) is 0 Å². The van der Waals surface area contributed by atoms with Crippen molar-refractivity contribution in [1.29, 1.82) is 0 Å². The van der Waals surface area contributed by atoms with Crippen molar-refractivity contribution >= 4 is 38.6 Å². The summed E-state index contributed by atoms with van der Waals surface area (Å²) in [5.74, 6) is 0. The summed E-state index contributed by atoms with van der Waals surface area (Å²) in [4.78, 5) is 15.8. The van der Waals surface area contributed by atoms with Crippen LogP contribution < -0.4 is 5.32 Å². The van der Waals surface area contributed by atoms with Gasteiger partial charge in [-0.25, -0.2) is 4.98 Å². The number of aryl methyl sites for hydroxylation is 2. The lowest BCUT2D eigenvalue weighted by Crippen LogP contribution is -2.00. The molecule has 2 rings (SSSR count). The Morgan fingerprint density at radius 3 is 2.79 bits per heavy atom. The number of nitrogens with one attached hydrogen (secondary N) is 1. The van der Waals surface area contributed by atoms with E-state index in [1.165, 1.54) is 6.07 Å². The van der Waals surface area contributed by atoms with Gasteiger partial charge in [-0.05, 0) is 35.8 Å². The highest BCUT2D eigenvalue weighted by atomic mass is 79.9. The van der Waals surface area contributed by atoms with Gasteiger partial charge >= 0.3 is 0 Å². The SMILES string of the molecule is Cc1ncc(CNc2cc(C)c([N+](=O)[O-])cc2Br)s1. The molecule has 1 N–H and O–H groups in total. The van der Waals surface area contributed by atoms with Crippen LogP contribution in [-0.2, 0) is 6.54 Å². The molecule has 0 bridgehead atoms. The second kappa shape index (κ2) is 5.66. The smallest absolute Gasteiger partial charge is 0.273 e. The van der Waals surface area contributed by atoms with Crippen molar-refractivity contribution in [3.63, 3.8) is 0 Å². The van der Waals surface area contributed by atoms with E-state index in [0.29, 0.717) is 16.6 Å². The number of anilines is 1. The normalized spacial score (nSPS) is 10.5. The van der Waals surface area contributed by atoms with Crippen molar-refractivity contribution in [2.45, 2.75) is 20.4 Å². The van der Waals surface area contributed by atoms with E-state index in [1.54, 1.807) is 24.3 Å². The largest absolute Gasteiger partial charge is 0.379 e.